The van der Waals surface area contributed by atoms with E-state index >= 15 is 0 Å². The number of hydrogen-bond acceptors (Lipinski definition) is 5. The van der Waals surface area contributed by atoms with Crippen LogP contribution in [0.25, 0.3) is 0 Å². The number of hydrogen-bond donors (Lipinski definition) is 3. The lowest BCUT2D eigenvalue weighted by atomic mass is 9.86. The molecule has 0 aromatic carbocycles. The molecule has 3 unspecified atom stereocenters. The summed E-state index contributed by atoms with van der Waals surface area (Å²) < 4.78 is 23.1. The molecule has 0 aromatic rings. The lowest BCUT2D eigenvalue weighted by Gasteiger charge is -2.39. The molecule has 0 amide bonds. The van der Waals surface area contributed by atoms with Crippen LogP contribution in [0.1, 0.15) is 130 Å². The second kappa shape index (κ2) is 18.5. The summed E-state index contributed by atoms with van der Waals surface area (Å²) >= 11 is 0. The summed E-state index contributed by atoms with van der Waals surface area (Å²) in [6.45, 7) is 7.47. The monoisotopic (exact) mass is 466 g/mol. The Morgan fingerprint density at radius 1 is 0.710 bits per heavy atom. The van der Waals surface area contributed by atoms with Gasteiger partial charge in [0, 0.05) is 0 Å². The van der Waals surface area contributed by atoms with E-state index in [1.54, 1.807) is 0 Å². The Bertz CT molecular complexity index is 447. The molecule has 31 heavy (non-hydrogen) atoms. The van der Waals surface area contributed by atoms with E-state index in [1.807, 2.05) is 0 Å². The molecular weight excluding hydrogens is 415 g/mol. The van der Waals surface area contributed by atoms with Gasteiger partial charge in [-0.3, -0.25) is 9.05 Å². The van der Waals surface area contributed by atoms with Crippen LogP contribution in [0.3, 0.4) is 0 Å². The normalized spacial score (nSPS) is 17.8. The minimum Gasteiger partial charge on any atom is -0.390 e. The zero-order chi connectivity index (χ0) is 23.6. The van der Waals surface area contributed by atoms with Gasteiger partial charge in [0.25, 0.3) is 0 Å². The van der Waals surface area contributed by atoms with Gasteiger partial charge in [-0.25, -0.2) is 4.57 Å². The molecule has 0 radical (unpaired) electrons. The number of unbranched alkanes of at least 4 members (excludes halogenated alkanes) is 13. The van der Waals surface area contributed by atoms with Gasteiger partial charge in [-0.2, -0.15) is 0 Å². The van der Waals surface area contributed by atoms with Crippen LogP contribution >= 0.6 is 7.82 Å². The Kier molecular flexibility index (Phi) is 18.5. The van der Waals surface area contributed by atoms with Crippen molar-refractivity contribution in [3.63, 3.8) is 0 Å². The second-order valence-corrected chi connectivity index (χ2v) is 10.4. The Balaban J connectivity index is 4.31. The Hall–Kier alpha value is 0.0300. The molecule has 6 nitrogen and oxygen atoms in total. The highest BCUT2D eigenvalue weighted by atomic mass is 31.2. The molecule has 7 heteroatoms. The molecule has 0 aliphatic rings. The molecule has 188 valence electrons. The molecule has 0 spiro atoms. The van der Waals surface area contributed by atoms with Crippen molar-refractivity contribution in [2.24, 2.45) is 0 Å². The summed E-state index contributed by atoms with van der Waals surface area (Å²) in [6, 6.07) is 0. The van der Waals surface area contributed by atoms with Crippen LogP contribution in [-0.4, -0.2) is 39.5 Å². The average Bonchev–Trinajstić information content (AvgIpc) is 2.70. The molecule has 0 aromatic heterocycles. The SMILES string of the molecule is CCCCCCCCCCCCOP(=O)(O)OC(CCCCCCC)(C(C)O)C(C)O. The Morgan fingerprint density at radius 3 is 1.52 bits per heavy atom. The average molecular weight is 467 g/mol. The molecular formula is C24H51O6P. The lowest BCUT2D eigenvalue weighted by Crippen LogP contribution is -2.51. The Labute approximate surface area is 191 Å². The molecule has 0 saturated carbocycles. The second-order valence-electron chi connectivity index (χ2n) is 9.05. The van der Waals surface area contributed by atoms with Crippen molar-refractivity contribution in [3.8, 4) is 0 Å². The fourth-order valence-electron chi connectivity index (χ4n) is 3.98. The standard InChI is InChI=1S/C24H51O6P/c1-5-7-9-11-12-13-14-15-17-19-21-29-31(27,28)30-24(22(3)25,23(4)26)20-18-16-10-8-6-2/h22-23,25-26H,5-21H2,1-4H3,(H,27,28). The van der Waals surface area contributed by atoms with Crippen molar-refractivity contribution in [3.05, 3.63) is 0 Å². The lowest BCUT2D eigenvalue weighted by molar-refractivity contribution is -0.134. The molecule has 3 atom stereocenters. The van der Waals surface area contributed by atoms with Crippen LogP contribution in [0.2, 0.25) is 0 Å². The van der Waals surface area contributed by atoms with Gasteiger partial charge in [-0.15, -0.1) is 0 Å². The van der Waals surface area contributed by atoms with Crippen molar-refractivity contribution in [2.45, 2.75) is 148 Å². The summed E-state index contributed by atoms with van der Waals surface area (Å²) in [7, 11) is -4.38. The smallest absolute Gasteiger partial charge is 0.390 e. The van der Waals surface area contributed by atoms with Gasteiger partial charge < -0.3 is 15.1 Å². The van der Waals surface area contributed by atoms with E-state index in [0.717, 1.165) is 38.5 Å². The van der Waals surface area contributed by atoms with Crippen LogP contribution in [0.4, 0.5) is 0 Å². The summed E-state index contributed by atoms with van der Waals surface area (Å²) in [5, 5.41) is 20.6. The van der Waals surface area contributed by atoms with Crippen molar-refractivity contribution in [1.82, 2.24) is 0 Å². The number of aliphatic hydroxyl groups is 2. The maximum Gasteiger partial charge on any atom is 0.472 e. The molecule has 3 N–H and O–H groups in total. The minimum atomic E-state index is -4.38. The van der Waals surface area contributed by atoms with Gasteiger partial charge in [-0.1, -0.05) is 104 Å². The third-order valence-electron chi connectivity index (χ3n) is 6.12. The van der Waals surface area contributed by atoms with E-state index in [1.165, 1.54) is 58.8 Å². The van der Waals surface area contributed by atoms with Crippen LogP contribution in [0, 0.1) is 0 Å². The predicted octanol–water partition coefficient (Wildman–Crippen LogP) is 6.90. The molecule has 0 aliphatic carbocycles. The van der Waals surface area contributed by atoms with Gasteiger partial charge in [0.2, 0.25) is 0 Å². The van der Waals surface area contributed by atoms with Crippen molar-refractivity contribution < 1.29 is 28.7 Å². The number of rotatable bonds is 22. The maximum atomic E-state index is 12.5. The highest BCUT2D eigenvalue weighted by Crippen LogP contribution is 2.50. The van der Waals surface area contributed by atoms with Crippen LogP contribution in [0.15, 0.2) is 0 Å². The fraction of sp³-hybridized carbons (Fsp3) is 1.00. The van der Waals surface area contributed by atoms with E-state index in [-0.39, 0.29) is 6.61 Å². The summed E-state index contributed by atoms with van der Waals surface area (Å²) in [6.07, 6.45) is 14.7. The predicted molar refractivity (Wildman–Crippen MR) is 128 cm³/mol. The first kappa shape index (κ1) is 31.0. The quantitative estimate of drug-likeness (QED) is 0.119. The zero-order valence-electron chi connectivity index (χ0n) is 20.7. The number of phosphoric acid groups is 1. The van der Waals surface area contributed by atoms with E-state index in [4.69, 9.17) is 9.05 Å². The van der Waals surface area contributed by atoms with Gasteiger partial charge in [-0.05, 0) is 26.7 Å². The summed E-state index contributed by atoms with van der Waals surface area (Å²) in [5.74, 6) is 0. The zero-order valence-corrected chi connectivity index (χ0v) is 21.6. The van der Waals surface area contributed by atoms with Crippen LogP contribution < -0.4 is 0 Å². The van der Waals surface area contributed by atoms with E-state index in [9.17, 15) is 19.7 Å². The molecule has 0 heterocycles. The van der Waals surface area contributed by atoms with Gasteiger partial charge in [0.1, 0.15) is 5.60 Å². The highest BCUT2D eigenvalue weighted by molar-refractivity contribution is 7.47. The van der Waals surface area contributed by atoms with Crippen LogP contribution in [-0.2, 0) is 13.6 Å². The third-order valence-corrected chi connectivity index (χ3v) is 7.20. The van der Waals surface area contributed by atoms with Gasteiger partial charge in [0.15, 0.2) is 0 Å². The van der Waals surface area contributed by atoms with Gasteiger partial charge in [0.05, 0.1) is 18.8 Å². The van der Waals surface area contributed by atoms with E-state index in [2.05, 4.69) is 13.8 Å². The van der Waals surface area contributed by atoms with Crippen LogP contribution in [0.5, 0.6) is 0 Å². The highest BCUT2D eigenvalue weighted by Gasteiger charge is 2.46. The van der Waals surface area contributed by atoms with E-state index < -0.39 is 25.6 Å². The minimum absolute atomic E-state index is 0.135. The molecule has 0 saturated heterocycles. The largest absolute Gasteiger partial charge is 0.472 e. The molecule has 0 aliphatic heterocycles. The maximum absolute atomic E-state index is 12.5. The molecule has 0 bridgehead atoms. The number of phosphoric ester groups is 1. The molecule has 0 fully saturated rings. The summed E-state index contributed by atoms with van der Waals surface area (Å²) in [4.78, 5) is 10.2. The topological polar surface area (TPSA) is 96.2 Å². The third kappa shape index (κ3) is 14.7. The van der Waals surface area contributed by atoms with E-state index in [0.29, 0.717) is 19.3 Å². The fourth-order valence-corrected chi connectivity index (χ4v) is 5.22. The number of aliphatic hydroxyl groups excluding tert-OH is 2. The summed E-state index contributed by atoms with van der Waals surface area (Å²) in [5.41, 5.74) is -1.51. The molecule has 0 rings (SSSR count). The van der Waals surface area contributed by atoms with Gasteiger partial charge >= 0.3 is 7.82 Å². The van der Waals surface area contributed by atoms with Crippen molar-refractivity contribution in [1.29, 1.82) is 0 Å². The van der Waals surface area contributed by atoms with Crippen molar-refractivity contribution in [2.75, 3.05) is 6.61 Å². The first-order valence-corrected chi connectivity index (χ1v) is 14.3. The van der Waals surface area contributed by atoms with Crippen molar-refractivity contribution >= 4 is 7.82 Å². The first-order valence-electron chi connectivity index (χ1n) is 12.8. The Morgan fingerprint density at radius 2 is 1.10 bits per heavy atom. The first-order chi connectivity index (χ1) is 14.7.